The second-order valence-electron chi connectivity index (χ2n) is 6.42. The summed E-state index contributed by atoms with van der Waals surface area (Å²) in [6.45, 7) is 3.26. The second-order valence-corrected chi connectivity index (χ2v) is 7.83. The van der Waals surface area contributed by atoms with Crippen LogP contribution in [0.4, 0.5) is 5.69 Å². The fourth-order valence-corrected chi connectivity index (χ4v) is 3.84. The lowest BCUT2D eigenvalue weighted by atomic mass is 9.90. The van der Waals surface area contributed by atoms with Gasteiger partial charge in [0, 0.05) is 29.0 Å². The Morgan fingerprint density at radius 2 is 1.73 bits per heavy atom. The number of rotatable bonds is 5. The number of amides is 1. The van der Waals surface area contributed by atoms with Crippen molar-refractivity contribution in [2.45, 2.75) is 35.4 Å². The molecule has 1 fully saturated rings. The van der Waals surface area contributed by atoms with Crippen molar-refractivity contribution < 1.29 is 9.53 Å². The maximum Gasteiger partial charge on any atom is 0.244 e. The van der Waals surface area contributed by atoms with E-state index < -0.39 is 5.54 Å². The first-order chi connectivity index (χ1) is 12.1. The third kappa shape index (κ3) is 5.24. The quantitative estimate of drug-likeness (QED) is 0.740. The van der Waals surface area contributed by atoms with Crippen LogP contribution in [0.15, 0.2) is 59.5 Å². The Hall–Kier alpha value is -1.53. The molecule has 1 amide bonds. The van der Waals surface area contributed by atoms with Crippen LogP contribution in [0, 0.1) is 0 Å². The lowest BCUT2D eigenvalue weighted by Gasteiger charge is -2.31. The number of hydrogen-bond acceptors (Lipinski definition) is 4. The number of nitrogens with two attached hydrogens (primary N) is 1. The van der Waals surface area contributed by atoms with Crippen LogP contribution < -0.4 is 11.1 Å². The molecule has 0 saturated carbocycles. The number of carbonyl (C=O) groups is 1. The highest BCUT2D eigenvalue weighted by Crippen LogP contribution is 2.35. The van der Waals surface area contributed by atoms with Crippen LogP contribution in [-0.2, 0) is 9.53 Å². The molecule has 2 aromatic rings. The van der Waals surface area contributed by atoms with E-state index in [1.165, 1.54) is 10.5 Å². The number of hydrogen-bond donors (Lipinski definition) is 2. The summed E-state index contributed by atoms with van der Waals surface area (Å²) >= 11 is 1.82. The van der Waals surface area contributed by atoms with Crippen molar-refractivity contribution in [1.29, 1.82) is 0 Å². The standard InChI is InChI=1S/C20H24N2O2S.ClH/c1-15(25-18-5-3-2-4-6-18)16-7-9-17(10-8-16)22-19(23)20(21)11-13-24-14-12-20;/h2-10,15H,11-14,21H2,1H3,(H,22,23);1H. The van der Waals surface area contributed by atoms with E-state index in [0.717, 1.165) is 5.69 Å². The van der Waals surface area contributed by atoms with Gasteiger partial charge < -0.3 is 15.8 Å². The molecule has 0 aliphatic carbocycles. The molecule has 0 radical (unpaired) electrons. The van der Waals surface area contributed by atoms with Gasteiger partial charge in [0.1, 0.15) is 5.54 Å². The monoisotopic (exact) mass is 392 g/mol. The molecule has 3 N–H and O–H groups in total. The minimum absolute atomic E-state index is 0. The number of anilines is 1. The Bertz CT molecular complexity index is 704. The van der Waals surface area contributed by atoms with Crippen molar-refractivity contribution in [3.05, 3.63) is 60.2 Å². The maximum absolute atomic E-state index is 12.5. The fraction of sp³-hybridized carbons (Fsp3) is 0.350. The van der Waals surface area contributed by atoms with Gasteiger partial charge in [0.15, 0.2) is 0 Å². The average molecular weight is 393 g/mol. The second kappa shape index (κ2) is 9.42. The molecule has 6 heteroatoms. The summed E-state index contributed by atoms with van der Waals surface area (Å²) in [6, 6.07) is 18.4. The van der Waals surface area contributed by atoms with Crippen LogP contribution in [0.5, 0.6) is 0 Å². The number of carbonyl (C=O) groups excluding carboxylic acids is 1. The first kappa shape index (κ1) is 20.8. The van der Waals surface area contributed by atoms with Gasteiger partial charge in [-0.05, 0) is 49.6 Å². The van der Waals surface area contributed by atoms with Crippen molar-refractivity contribution in [2.24, 2.45) is 5.73 Å². The topological polar surface area (TPSA) is 64.4 Å². The zero-order chi connectivity index (χ0) is 17.7. The molecule has 3 rings (SSSR count). The largest absolute Gasteiger partial charge is 0.381 e. The number of halogens is 1. The fourth-order valence-electron chi connectivity index (χ4n) is 2.83. The third-order valence-corrected chi connectivity index (χ3v) is 5.70. The number of nitrogens with one attached hydrogen (secondary N) is 1. The van der Waals surface area contributed by atoms with E-state index in [2.05, 4.69) is 36.5 Å². The maximum atomic E-state index is 12.5. The van der Waals surface area contributed by atoms with Crippen molar-refractivity contribution in [2.75, 3.05) is 18.5 Å². The van der Waals surface area contributed by atoms with Crippen LogP contribution in [0.2, 0.25) is 0 Å². The van der Waals surface area contributed by atoms with Crippen LogP contribution in [0.3, 0.4) is 0 Å². The summed E-state index contributed by atoms with van der Waals surface area (Å²) in [7, 11) is 0. The van der Waals surface area contributed by atoms with Gasteiger partial charge in [-0.15, -0.1) is 24.2 Å². The normalized spacial score (nSPS) is 17.0. The summed E-state index contributed by atoms with van der Waals surface area (Å²) < 4.78 is 5.29. The van der Waals surface area contributed by atoms with Crippen LogP contribution in [-0.4, -0.2) is 24.7 Å². The zero-order valence-corrected chi connectivity index (χ0v) is 16.4. The van der Waals surface area contributed by atoms with Crippen LogP contribution in [0.25, 0.3) is 0 Å². The predicted octanol–water partition coefficient (Wildman–Crippen LogP) is 4.41. The lowest BCUT2D eigenvalue weighted by Crippen LogP contribution is -2.54. The van der Waals surface area contributed by atoms with Gasteiger partial charge >= 0.3 is 0 Å². The molecule has 26 heavy (non-hydrogen) atoms. The highest BCUT2D eigenvalue weighted by atomic mass is 35.5. The summed E-state index contributed by atoms with van der Waals surface area (Å²) in [6.07, 6.45) is 1.11. The minimum atomic E-state index is -0.826. The van der Waals surface area contributed by atoms with Gasteiger partial charge in [-0.3, -0.25) is 4.79 Å². The highest BCUT2D eigenvalue weighted by Gasteiger charge is 2.35. The van der Waals surface area contributed by atoms with Crippen molar-refractivity contribution in [1.82, 2.24) is 0 Å². The molecular weight excluding hydrogens is 368 g/mol. The molecule has 0 spiro atoms. The Morgan fingerprint density at radius 1 is 1.12 bits per heavy atom. The third-order valence-electron chi connectivity index (χ3n) is 4.53. The van der Waals surface area contributed by atoms with E-state index in [1.807, 2.05) is 42.1 Å². The molecule has 2 aromatic carbocycles. The molecule has 0 bridgehead atoms. The van der Waals surface area contributed by atoms with E-state index in [9.17, 15) is 4.79 Å². The van der Waals surface area contributed by atoms with Crippen molar-refractivity contribution in [3.63, 3.8) is 0 Å². The molecule has 0 aromatic heterocycles. The Balaban J connectivity index is 0.00000243. The van der Waals surface area contributed by atoms with Gasteiger partial charge in [-0.1, -0.05) is 30.3 Å². The minimum Gasteiger partial charge on any atom is -0.381 e. The SMILES string of the molecule is CC(Sc1ccccc1)c1ccc(NC(=O)C2(N)CCOCC2)cc1.Cl. The zero-order valence-electron chi connectivity index (χ0n) is 14.8. The first-order valence-corrected chi connectivity index (χ1v) is 9.44. The Kier molecular flexibility index (Phi) is 7.53. The molecule has 1 atom stereocenters. The first-order valence-electron chi connectivity index (χ1n) is 8.57. The molecular formula is C20H25ClN2O2S. The number of thioether (sulfide) groups is 1. The van der Waals surface area contributed by atoms with Crippen molar-refractivity contribution >= 4 is 35.8 Å². The Labute approximate surface area is 165 Å². The van der Waals surface area contributed by atoms with E-state index in [1.54, 1.807) is 0 Å². The predicted molar refractivity (Wildman–Crippen MR) is 110 cm³/mol. The number of ether oxygens (including phenoxy) is 1. The van der Waals surface area contributed by atoms with E-state index in [-0.39, 0.29) is 18.3 Å². The smallest absolute Gasteiger partial charge is 0.244 e. The van der Waals surface area contributed by atoms with Gasteiger partial charge in [0.2, 0.25) is 5.91 Å². The summed E-state index contributed by atoms with van der Waals surface area (Å²) in [4.78, 5) is 13.7. The summed E-state index contributed by atoms with van der Waals surface area (Å²) in [5, 5.41) is 3.28. The Morgan fingerprint density at radius 3 is 2.35 bits per heavy atom. The molecule has 140 valence electrons. The molecule has 1 unspecified atom stereocenters. The van der Waals surface area contributed by atoms with Crippen molar-refractivity contribution in [3.8, 4) is 0 Å². The van der Waals surface area contributed by atoms with Crippen LogP contribution >= 0.6 is 24.2 Å². The van der Waals surface area contributed by atoms with Gasteiger partial charge in [0.05, 0.1) is 0 Å². The molecule has 1 saturated heterocycles. The molecule has 1 heterocycles. The molecule has 1 aliphatic rings. The average Bonchev–Trinajstić information content (AvgIpc) is 2.64. The molecule has 4 nitrogen and oxygen atoms in total. The van der Waals surface area contributed by atoms with Crippen LogP contribution in [0.1, 0.15) is 30.6 Å². The van der Waals surface area contributed by atoms with E-state index in [0.29, 0.717) is 31.3 Å². The molecule has 1 aliphatic heterocycles. The van der Waals surface area contributed by atoms with Gasteiger partial charge in [-0.25, -0.2) is 0 Å². The summed E-state index contributed by atoms with van der Waals surface area (Å²) in [5.41, 5.74) is 7.40. The number of benzene rings is 2. The highest BCUT2D eigenvalue weighted by molar-refractivity contribution is 7.99. The summed E-state index contributed by atoms with van der Waals surface area (Å²) in [5.74, 6) is -0.129. The van der Waals surface area contributed by atoms with Gasteiger partial charge in [-0.2, -0.15) is 0 Å². The lowest BCUT2D eigenvalue weighted by molar-refractivity contribution is -0.124. The van der Waals surface area contributed by atoms with E-state index >= 15 is 0 Å². The van der Waals surface area contributed by atoms with Gasteiger partial charge in [0.25, 0.3) is 0 Å². The van der Waals surface area contributed by atoms with E-state index in [4.69, 9.17) is 10.5 Å².